The van der Waals surface area contributed by atoms with E-state index in [-0.39, 0.29) is 0 Å². The lowest BCUT2D eigenvalue weighted by atomic mass is 9.70. The minimum Gasteiger partial charge on any atom is -0.0845 e. The van der Waals surface area contributed by atoms with E-state index < -0.39 is 0 Å². The molecule has 0 aromatic heterocycles. The summed E-state index contributed by atoms with van der Waals surface area (Å²) in [6.07, 6.45) is 16.7. The van der Waals surface area contributed by atoms with Gasteiger partial charge in [0.15, 0.2) is 0 Å². The zero-order valence-electron chi connectivity index (χ0n) is 13.9. The smallest absolute Gasteiger partial charge is 0.0183 e. The maximum Gasteiger partial charge on any atom is 0.0183 e. The lowest BCUT2D eigenvalue weighted by Gasteiger charge is -2.34. The van der Waals surface area contributed by atoms with Crippen LogP contribution >= 0.6 is 0 Å². The average molecular weight is 300 g/mol. The second-order valence-corrected chi connectivity index (χ2v) is 8.87. The van der Waals surface area contributed by atoms with E-state index >= 15 is 0 Å². The van der Waals surface area contributed by atoms with Crippen LogP contribution in [-0.4, -0.2) is 0 Å². The number of rotatable bonds is 0. The monoisotopic (exact) mass is 300 g/mol. The molecule has 0 heterocycles. The topological polar surface area (TPSA) is 0 Å². The Hall–Kier alpha value is -1.56. The summed E-state index contributed by atoms with van der Waals surface area (Å²) in [5, 5.41) is 0. The first kappa shape index (κ1) is 12.8. The molecule has 5 unspecified atom stereocenters. The van der Waals surface area contributed by atoms with E-state index in [2.05, 4.69) is 55.5 Å². The molecule has 0 heteroatoms. The van der Waals surface area contributed by atoms with Gasteiger partial charge >= 0.3 is 0 Å². The first-order valence-electron chi connectivity index (χ1n) is 9.41. The number of allylic oxidation sites excluding steroid dienone is 6. The summed E-state index contributed by atoms with van der Waals surface area (Å²) in [5.41, 5.74) is 7.44. The Morgan fingerprint density at radius 3 is 2.91 bits per heavy atom. The predicted molar refractivity (Wildman–Crippen MR) is 95.0 cm³/mol. The number of hydrogen-bond acceptors (Lipinski definition) is 0. The molecule has 0 radical (unpaired) electrons. The van der Waals surface area contributed by atoms with Gasteiger partial charge in [-0.15, -0.1) is 0 Å². The van der Waals surface area contributed by atoms with Gasteiger partial charge in [-0.25, -0.2) is 0 Å². The summed E-state index contributed by atoms with van der Waals surface area (Å²) in [6, 6.07) is 9.32. The molecule has 1 aromatic rings. The normalized spacial score (nSPS) is 45.0. The van der Waals surface area contributed by atoms with Crippen molar-refractivity contribution in [3.63, 3.8) is 0 Å². The van der Waals surface area contributed by atoms with E-state index in [1.54, 1.807) is 22.3 Å². The van der Waals surface area contributed by atoms with E-state index in [1.165, 1.54) is 32.1 Å². The maximum absolute atomic E-state index is 2.56. The Bertz CT molecular complexity index is 807. The van der Waals surface area contributed by atoms with Crippen molar-refractivity contribution in [1.82, 2.24) is 0 Å². The number of benzene rings is 1. The van der Waals surface area contributed by atoms with Crippen molar-refractivity contribution in [3.8, 4) is 0 Å². The Kier molecular flexibility index (Phi) is 2.18. The molecule has 0 nitrogen and oxygen atoms in total. The highest BCUT2D eigenvalue weighted by Gasteiger charge is 2.62. The Balaban J connectivity index is 1.55. The molecule has 2 saturated carbocycles. The molecule has 1 aromatic carbocycles. The van der Waals surface area contributed by atoms with Gasteiger partial charge in [-0.3, -0.25) is 0 Å². The first-order chi connectivity index (χ1) is 11.2. The molecule has 5 aliphatic rings. The second kappa shape index (κ2) is 3.91. The number of hydrogen-bond donors (Lipinski definition) is 0. The highest BCUT2D eigenvalue weighted by molar-refractivity contribution is 5.87. The highest BCUT2D eigenvalue weighted by atomic mass is 14.7. The third kappa shape index (κ3) is 1.36. The van der Waals surface area contributed by atoms with Crippen molar-refractivity contribution in [2.24, 2.45) is 23.2 Å². The van der Waals surface area contributed by atoms with E-state index in [0.717, 1.165) is 17.8 Å². The van der Waals surface area contributed by atoms with Crippen LogP contribution < -0.4 is 0 Å². The summed E-state index contributed by atoms with van der Waals surface area (Å²) >= 11 is 0. The fourth-order valence-electron chi connectivity index (χ4n) is 7.06. The third-order valence-corrected chi connectivity index (χ3v) is 7.95. The van der Waals surface area contributed by atoms with Gasteiger partial charge in [0.25, 0.3) is 0 Å². The largest absolute Gasteiger partial charge is 0.0845 e. The summed E-state index contributed by atoms with van der Waals surface area (Å²) in [5.74, 6) is 2.69. The minimum absolute atomic E-state index is 0.373. The van der Waals surface area contributed by atoms with E-state index in [0.29, 0.717) is 10.8 Å². The molecule has 0 saturated heterocycles. The predicted octanol–water partition coefficient (Wildman–Crippen LogP) is 5.66. The van der Waals surface area contributed by atoms with E-state index in [4.69, 9.17) is 0 Å². The fourth-order valence-corrected chi connectivity index (χ4v) is 7.06. The quantitative estimate of drug-likeness (QED) is 0.542. The molecule has 0 amide bonds. The van der Waals surface area contributed by atoms with Crippen molar-refractivity contribution in [2.45, 2.75) is 44.4 Å². The van der Waals surface area contributed by atoms with Crippen LogP contribution in [0.25, 0.3) is 5.57 Å². The molecule has 5 aliphatic carbocycles. The van der Waals surface area contributed by atoms with Gasteiger partial charge in [-0.1, -0.05) is 61.1 Å². The van der Waals surface area contributed by atoms with Gasteiger partial charge in [-0.2, -0.15) is 0 Å². The van der Waals surface area contributed by atoms with Gasteiger partial charge in [0.05, 0.1) is 0 Å². The van der Waals surface area contributed by atoms with Crippen LogP contribution in [0.15, 0.2) is 54.1 Å². The molecule has 0 N–H and O–H groups in total. The molecular formula is C23H24. The SMILES string of the molecule is CC12C=CC(C1)C1CC3(CC12)C1=C(C=CCC1)c1ccccc13. The van der Waals surface area contributed by atoms with Crippen LogP contribution in [0, 0.1) is 23.2 Å². The van der Waals surface area contributed by atoms with Crippen molar-refractivity contribution in [1.29, 1.82) is 0 Å². The molecule has 116 valence electrons. The zero-order valence-corrected chi connectivity index (χ0v) is 13.9. The molecule has 5 atom stereocenters. The van der Waals surface area contributed by atoms with Crippen LogP contribution in [-0.2, 0) is 5.41 Å². The summed E-state index contributed by atoms with van der Waals surface area (Å²) in [4.78, 5) is 0. The summed E-state index contributed by atoms with van der Waals surface area (Å²) < 4.78 is 0. The van der Waals surface area contributed by atoms with Crippen molar-refractivity contribution < 1.29 is 0 Å². The van der Waals surface area contributed by atoms with Gasteiger partial charge in [-0.05, 0) is 72.0 Å². The van der Waals surface area contributed by atoms with E-state index in [9.17, 15) is 0 Å². The van der Waals surface area contributed by atoms with Crippen molar-refractivity contribution >= 4 is 5.57 Å². The van der Waals surface area contributed by atoms with Crippen LogP contribution in [0.5, 0.6) is 0 Å². The fraction of sp³-hybridized carbons (Fsp3) is 0.478. The first-order valence-corrected chi connectivity index (χ1v) is 9.41. The van der Waals surface area contributed by atoms with Gasteiger partial charge in [0, 0.05) is 5.41 Å². The van der Waals surface area contributed by atoms with E-state index in [1.807, 2.05) is 0 Å². The Labute approximate surface area is 139 Å². The maximum atomic E-state index is 2.56. The Morgan fingerprint density at radius 1 is 1.09 bits per heavy atom. The van der Waals surface area contributed by atoms with Crippen molar-refractivity contribution in [2.75, 3.05) is 0 Å². The van der Waals surface area contributed by atoms with Crippen molar-refractivity contribution in [3.05, 3.63) is 65.3 Å². The molecule has 2 bridgehead atoms. The van der Waals surface area contributed by atoms with Gasteiger partial charge in [0.1, 0.15) is 0 Å². The lowest BCUT2D eigenvalue weighted by molar-refractivity contribution is 0.269. The Morgan fingerprint density at radius 2 is 2.00 bits per heavy atom. The molecule has 0 aliphatic heterocycles. The highest BCUT2D eigenvalue weighted by Crippen LogP contribution is 2.70. The van der Waals surface area contributed by atoms with Crippen LogP contribution in [0.3, 0.4) is 0 Å². The standard InChI is InChI=1S/C23H24/c1-22-11-10-15(12-22)18-13-23(14-21(18)22)19-8-4-2-6-16(19)17-7-3-5-9-20(17)23/h2-4,6-8,10-11,15,18,21H,5,9,12-14H2,1H3. The molecule has 2 fully saturated rings. The van der Waals surface area contributed by atoms with Crippen LogP contribution in [0.1, 0.15) is 50.2 Å². The number of fused-ring (bicyclic) bond motifs is 9. The zero-order chi connectivity index (χ0) is 15.2. The molecular weight excluding hydrogens is 276 g/mol. The van der Waals surface area contributed by atoms with Gasteiger partial charge < -0.3 is 0 Å². The summed E-state index contributed by atoms with van der Waals surface area (Å²) in [6.45, 7) is 2.53. The second-order valence-electron chi connectivity index (χ2n) is 8.87. The average Bonchev–Trinajstić information content (AvgIpc) is 3.29. The lowest BCUT2D eigenvalue weighted by Crippen LogP contribution is -2.27. The molecule has 1 spiro atoms. The van der Waals surface area contributed by atoms with Crippen LogP contribution in [0.4, 0.5) is 0 Å². The van der Waals surface area contributed by atoms with Crippen LogP contribution in [0.2, 0.25) is 0 Å². The third-order valence-electron chi connectivity index (χ3n) is 7.95. The summed E-state index contributed by atoms with van der Waals surface area (Å²) in [7, 11) is 0. The molecule has 23 heavy (non-hydrogen) atoms. The molecule has 6 rings (SSSR count). The minimum atomic E-state index is 0.373. The van der Waals surface area contributed by atoms with Gasteiger partial charge in [0.2, 0.25) is 0 Å².